The van der Waals surface area contributed by atoms with Crippen LogP contribution in [0.4, 0.5) is 4.39 Å². The predicted molar refractivity (Wildman–Crippen MR) is 74.8 cm³/mol. The van der Waals surface area contributed by atoms with Gasteiger partial charge in [0.15, 0.2) is 0 Å². The zero-order chi connectivity index (χ0) is 15.1. The molecule has 0 saturated carbocycles. The second-order valence-electron chi connectivity index (χ2n) is 3.89. The molecule has 2 N–H and O–H groups in total. The molecular weight excluding hydrogens is 285 g/mol. The Balaban J connectivity index is 2.81. The SMILES string of the molecule is C=CC(=O)NCC/C(=C\c1ccc(F)c(Cl)c1)C(=O)O. The summed E-state index contributed by atoms with van der Waals surface area (Å²) in [5, 5.41) is 11.5. The summed E-state index contributed by atoms with van der Waals surface area (Å²) < 4.78 is 13.0. The molecule has 20 heavy (non-hydrogen) atoms. The third-order valence-corrected chi connectivity index (χ3v) is 2.73. The lowest BCUT2D eigenvalue weighted by molar-refractivity contribution is -0.132. The van der Waals surface area contributed by atoms with E-state index in [4.69, 9.17) is 16.7 Å². The van der Waals surface area contributed by atoms with Crippen LogP contribution in [0.2, 0.25) is 5.02 Å². The first-order valence-electron chi connectivity index (χ1n) is 5.73. The van der Waals surface area contributed by atoms with Crippen molar-refractivity contribution < 1.29 is 19.1 Å². The Morgan fingerprint density at radius 2 is 2.15 bits per heavy atom. The summed E-state index contributed by atoms with van der Waals surface area (Å²) in [7, 11) is 0. The maximum atomic E-state index is 13.0. The summed E-state index contributed by atoms with van der Waals surface area (Å²) in [6.45, 7) is 3.45. The highest BCUT2D eigenvalue weighted by atomic mass is 35.5. The van der Waals surface area contributed by atoms with Gasteiger partial charge in [-0.3, -0.25) is 4.79 Å². The molecule has 0 heterocycles. The van der Waals surface area contributed by atoms with E-state index in [1.807, 2.05) is 0 Å². The van der Waals surface area contributed by atoms with Gasteiger partial charge in [0.1, 0.15) is 5.82 Å². The second-order valence-corrected chi connectivity index (χ2v) is 4.30. The fourth-order valence-electron chi connectivity index (χ4n) is 1.44. The van der Waals surface area contributed by atoms with Gasteiger partial charge in [0.2, 0.25) is 5.91 Å². The first kappa shape index (κ1) is 15.9. The van der Waals surface area contributed by atoms with Crippen molar-refractivity contribution in [3.05, 3.63) is 52.8 Å². The van der Waals surface area contributed by atoms with Gasteiger partial charge in [-0.2, -0.15) is 0 Å². The number of rotatable bonds is 6. The Morgan fingerprint density at radius 1 is 1.45 bits per heavy atom. The van der Waals surface area contributed by atoms with Crippen LogP contribution < -0.4 is 5.32 Å². The van der Waals surface area contributed by atoms with Crippen molar-refractivity contribution in [2.75, 3.05) is 6.54 Å². The monoisotopic (exact) mass is 297 g/mol. The maximum Gasteiger partial charge on any atom is 0.331 e. The predicted octanol–water partition coefficient (Wildman–Crippen LogP) is 2.64. The number of halogens is 2. The molecule has 0 unspecified atom stereocenters. The number of carboxylic acids is 1. The van der Waals surface area contributed by atoms with Gasteiger partial charge in [-0.05, 0) is 36.3 Å². The molecule has 0 atom stereocenters. The summed E-state index contributed by atoms with van der Waals surface area (Å²) in [5.74, 6) is -2.06. The number of carboxylic acid groups (broad SMARTS) is 1. The summed E-state index contributed by atoms with van der Waals surface area (Å²) in [6, 6.07) is 3.92. The fraction of sp³-hybridized carbons (Fsp3) is 0.143. The lowest BCUT2D eigenvalue weighted by Gasteiger charge is -2.04. The van der Waals surface area contributed by atoms with Crippen molar-refractivity contribution in [3.8, 4) is 0 Å². The van der Waals surface area contributed by atoms with E-state index in [0.717, 1.165) is 12.1 Å². The van der Waals surface area contributed by atoms with Gasteiger partial charge >= 0.3 is 5.97 Å². The van der Waals surface area contributed by atoms with E-state index < -0.39 is 11.8 Å². The Hall–Kier alpha value is -2.14. The fourth-order valence-corrected chi connectivity index (χ4v) is 1.63. The molecule has 4 nitrogen and oxygen atoms in total. The van der Waals surface area contributed by atoms with E-state index in [0.29, 0.717) is 5.56 Å². The maximum absolute atomic E-state index is 13.0. The minimum Gasteiger partial charge on any atom is -0.478 e. The van der Waals surface area contributed by atoms with Crippen LogP contribution in [0.3, 0.4) is 0 Å². The topological polar surface area (TPSA) is 66.4 Å². The highest BCUT2D eigenvalue weighted by molar-refractivity contribution is 6.30. The Bertz CT molecular complexity index is 570. The van der Waals surface area contributed by atoms with Crippen molar-refractivity contribution in [3.63, 3.8) is 0 Å². The molecule has 0 aliphatic rings. The lowest BCUT2D eigenvalue weighted by atomic mass is 10.1. The largest absolute Gasteiger partial charge is 0.478 e. The molecular formula is C14H13ClFNO3. The molecule has 0 radical (unpaired) electrons. The number of aliphatic carboxylic acids is 1. The number of carbonyl (C=O) groups is 2. The first-order valence-corrected chi connectivity index (χ1v) is 6.11. The van der Waals surface area contributed by atoms with E-state index >= 15 is 0 Å². The van der Waals surface area contributed by atoms with E-state index in [1.54, 1.807) is 0 Å². The second kappa shape index (κ2) is 7.45. The molecule has 1 amide bonds. The van der Waals surface area contributed by atoms with E-state index in [2.05, 4.69) is 11.9 Å². The summed E-state index contributed by atoms with van der Waals surface area (Å²) in [5.41, 5.74) is 0.556. The normalized spacial score (nSPS) is 11.0. The molecule has 0 saturated heterocycles. The third kappa shape index (κ3) is 4.85. The Morgan fingerprint density at radius 3 is 2.70 bits per heavy atom. The molecule has 0 spiro atoms. The Kier molecular flexibility index (Phi) is 5.93. The highest BCUT2D eigenvalue weighted by Crippen LogP contribution is 2.18. The lowest BCUT2D eigenvalue weighted by Crippen LogP contribution is -2.23. The zero-order valence-electron chi connectivity index (χ0n) is 10.5. The summed E-state index contributed by atoms with van der Waals surface area (Å²) in [4.78, 5) is 22.0. The average Bonchev–Trinajstić information content (AvgIpc) is 2.41. The van der Waals surface area contributed by atoms with Crippen LogP contribution in [0.5, 0.6) is 0 Å². The van der Waals surface area contributed by atoms with Crippen molar-refractivity contribution in [2.45, 2.75) is 6.42 Å². The molecule has 1 aromatic rings. The Labute approximate surface area is 120 Å². The van der Waals surface area contributed by atoms with E-state index in [9.17, 15) is 14.0 Å². The van der Waals surface area contributed by atoms with Gasteiger partial charge in [0, 0.05) is 12.1 Å². The molecule has 1 aromatic carbocycles. The summed E-state index contributed by atoms with van der Waals surface area (Å²) >= 11 is 5.62. The average molecular weight is 298 g/mol. The number of benzene rings is 1. The van der Waals surface area contributed by atoms with Gasteiger partial charge in [-0.1, -0.05) is 24.2 Å². The van der Waals surface area contributed by atoms with Gasteiger partial charge in [-0.15, -0.1) is 0 Å². The van der Waals surface area contributed by atoms with Crippen molar-refractivity contribution >= 4 is 29.6 Å². The molecule has 0 fully saturated rings. The number of nitrogens with one attached hydrogen (secondary N) is 1. The quantitative estimate of drug-likeness (QED) is 0.793. The molecule has 0 aromatic heterocycles. The molecule has 0 bridgehead atoms. The van der Waals surface area contributed by atoms with Crippen molar-refractivity contribution in [1.82, 2.24) is 5.32 Å². The molecule has 106 valence electrons. The molecule has 0 aliphatic heterocycles. The van der Waals surface area contributed by atoms with Crippen LogP contribution >= 0.6 is 11.6 Å². The van der Waals surface area contributed by atoms with Gasteiger partial charge in [0.05, 0.1) is 5.02 Å². The van der Waals surface area contributed by atoms with Crippen LogP contribution in [0.15, 0.2) is 36.4 Å². The van der Waals surface area contributed by atoms with Crippen LogP contribution in [-0.4, -0.2) is 23.5 Å². The number of amides is 1. The first-order chi connectivity index (χ1) is 9.43. The minimum atomic E-state index is -1.11. The molecule has 1 rings (SSSR count). The highest BCUT2D eigenvalue weighted by Gasteiger charge is 2.08. The molecule has 0 aliphatic carbocycles. The van der Waals surface area contributed by atoms with Gasteiger partial charge < -0.3 is 10.4 Å². The van der Waals surface area contributed by atoms with E-state index in [1.165, 1.54) is 18.2 Å². The number of hydrogen-bond donors (Lipinski definition) is 2. The molecule has 6 heteroatoms. The van der Waals surface area contributed by atoms with Crippen LogP contribution in [0, 0.1) is 5.82 Å². The van der Waals surface area contributed by atoms with Crippen LogP contribution in [0.25, 0.3) is 6.08 Å². The number of hydrogen-bond acceptors (Lipinski definition) is 2. The van der Waals surface area contributed by atoms with Crippen molar-refractivity contribution in [1.29, 1.82) is 0 Å². The van der Waals surface area contributed by atoms with Crippen LogP contribution in [-0.2, 0) is 9.59 Å². The van der Waals surface area contributed by atoms with Gasteiger partial charge in [0.25, 0.3) is 0 Å². The smallest absolute Gasteiger partial charge is 0.331 e. The number of carbonyl (C=O) groups excluding carboxylic acids is 1. The standard InChI is InChI=1S/C14H13ClFNO3/c1-2-13(18)17-6-5-10(14(19)20)7-9-3-4-12(16)11(15)8-9/h2-4,7-8H,1,5-6H2,(H,17,18)(H,19,20)/b10-7+. The third-order valence-electron chi connectivity index (χ3n) is 2.44. The summed E-state index contributed by atoms with van der Waals surface area (Å²) in [6.07, 6.45) is 2.61. The van der Waals surface area contributed by atoms with Crippen LogP contribution in [0.1, 0.15) is 12.0 Å². The van der Waals surface area contributed by atoms with Crippen molar-refractivity contribution in [2.24, 2.45) is 0 Å². The minimum absolute atomic E-state index is 0.0801. The zero-order valence-corrected chi connectivity index (χ0v) is 11.3. The van der Waals surface area contributed by atoms with E-state index in [-0.39, 0.29) is 29.5 Å². The van der Waals surface area contributed by atoms with Gasteiger partial charge in [-0.25, -0.2) is 9.18 Å².